The van der Waals surface area contributed by atoms with E-state index in [0.29, 0.717) is 4.90 Å². The molecule has 1 aromatic carbocycles. The van der Waals surface area contributed by atoms with Gasteiger partial charge in [0.05, 0.1) is 16.6 Å². The fourth-order valence-corrected chi connectivity index (χ4v) is 2.05. The first kappa shape index (κ1) is 8.10. The third-order valence-electron chi connectivity index (χ3n) is 1.41. The van der Waals surface area contributed by atoms with Crippen molar-refractivity contribution in [2.75, 3.05) is 0 Å². The number of halogens is 1. The molecule has 6 heteroatoms. The van der Waals surface area contributed by atoms with E-state index in [4.69, 9.17) is 10.7 Å². The van der Waals surface area contributed by atoms with Crippen molar-refractivity contribution in [2.45, 2.75) is 4.90 Å². The molecule has 0 aliphatic rings. The lowest BCUT2D eigenvalue weighted by Gasteiger charge is -1.91. The minimum atomic E-state index is -1.46. The van der Waals surface area contributed by atoms with Gasteiger partial charge in [0.2, 0.25) is 0 Å². The summed E-state index contributed by atoms with van der Waals surface area (Å²) in [6.45, 7) is 0. The molecule has 2 rings (SSSR count). The first-order chi connectivity index (χ1) is 5.77. The van der Waals surface area contributed by atoms with Crippen LogP contribution in [0.5, 0.6) is 0 Å². The van der Waals surface area contributed by atoms with E-state index < -0.39 is 10.0 Å². The third kappa shape index (κ3) is 1.35. The largest absolute Gasteiger partial charge is 0.237 e. The van der Waals surface area contributed by atoms with Crippen LogP contribution in [0.4, 0.5) is 0 Å². The lowest BCUT2D eigenvalue weighted by atomic mass is 10.3. The van der Waals surface area contributed by atoms with Crippen molar-refractivity contribution in [1.82, 2.24) is 8.75 Å². The summed E-state index contributed by atoms with van der Waals surface area (Å²) in [4.78, 5) is 0.567. The van der Waals surface area contributed by atoms with Crippen LogP contribution >= 0.6 is 22.4 Å². The smallest absolute Gasteiger partial charge is 0.147 e. The highest BCUT2D eigenvalue weighted by Crippen LogP contribution is 2.17. The molecule has 0 saturated carbocycles. The van der Waals surface area contributed by atoms with Crippen LogP contribution in [-0.2, 0) is 10.0 Å². The van der Waals surface area contributed by atoms with Gasteiger partial charge in [0, 0.05) is 0 Å². The van der Waals surface area contributed by atoms with Crippen LogP contribution in [0.1, 0.15) is 0 Å². The highest BCUT2D eigenvalue weighted by Gasteiger charge is 2.03. The van der Waals surface area contributed by atoms with E-state index in [1.807, 2.05) is 0 Å². The van der Waals surface area contributed by atoms with Crippen molar-refractivity contribution >= 4 is 43.5 Å². The average molecular weight is 219 g/mol. The molecule has 1 unspecified atom stereocenters. The van der Waals surface area contributed by atoms with Crippen molar-refractivity contribution in [2.24, 2.45) is 0 Å². The summed E-state index contributed by atoms with van der Waals surface area (Å²) in [6.07, 6.45) is 0. The van der Waals surface area contributed by atoms with Crippen molar-refractivity contribution in [3.05, 3.63) is 18.2 Å². The van der Waals surface area contributed by atoms with Crippen molar-refractivity contribution < 1.29 is 4.21 Å². The number of rotatable bonds is 1. The second-order valence-corrected chi connectivity index (χ2v) is 4.43. The zero-order valence-corrected chi connectivity index (χ0v) is 8.12. The summed E-state index contributed by atoms with van der Waals surface area (Å²) < 4.78 is 18.8. The first-order valence-corrected chi connectivity index (χ1v) is 5.78. The molecule has 0 spiro atoms. The van der Waals surface area contributed by atoms with Gasteiger partial charge in [-0.1, -0.05) is 0 Å². The number of aromatic nitrogens is 2. The molecule has 12 heavy (non-hydrogen) atoms. The summed E-state index contributed by atoms with van der Waals surface area (Å²) >= 11 is 1.13. The molecule has 3 nitrogen and oxygen atoms in total. The van der Waals surface area contributed by atoms with E-state index in [9.17, 15) is 4.21 Å². The van der Waals surface area contributed by atoms with Gasteiger partial charge in [0.25, 0.3) is 0 Å². The molecule has 1 aromatic heterocycles. The molecule has 0 radical (unpaired) electrons. The summed E-state index contributed by atoms with van der Waals surface area (Å²) in [6, 6.07) is 5.13. The molecule has 0 aliphatic heterocycles. The van der Waals surface area contributed by atoms with E-state index in [0.717, 1.165) is 22.8 Å². The van der Waals surface area contributed by atoms with Crippen LogP contribution in [0.2, 0.25) is 0 Å². The van der Waals surface area contributed by atoms with E-state index >= 15 is 0 Å². The van der Waals surface area contributed by atoms with Crippen LogP contribution in [0.15, 0.2) is 23.1 Å². The molecule has 1 atom stereocenters. The van der Waals surface area contributed by atoms with Gasteiger partial charge < -0.3 is 0 Å². The SMILES string of the molecule is O=S(Cl)c1ccc2nsnc2c1. The lowest BCUT2D eigenvalue weighted by molar-refractivity contribution is 0.691. The normalized spacial score (nSPS) is 13.4. The summed E-state index contributed by atoms with van der Waals surface area (Å²) in [5.41, 5.74) is 1.55. The van der Waals surface area contributed by atoms with Gasteiger partial charge in [-0.2, -0.15) is 8.75 Å². The second kappa shape index (κ2) is 3.08. The highest BCUT2D eigenvalue weighted by molar-refractivity contribution is 8.08. The number of fused-ring (bicyclic) bond motifs is 1. The van der Waals surface area contributed by atoms with Crippen molar-refractivity contribution in [1.29, 1.82) is 0 Å². The molecular formula is C6H3ClN2OS2. The van der Waals surface area contributed by atoms with Gasteiger partial charge in [-0.15, -0.1) is 0 Å². The Morgan fingerprint density at radius 1 is 1.33 bits per heavy atom. The Morgan fingerprint density at radius 3 is 2.83 bits per heavy atom. The predicted octanol–water partition coefficient (Wildman–Crippen LogP) is 1.95. The van der Waals surface area contributed by atoms with Gasteiger partial charge in [-0.25, -0.2) is 4.21 Å². The molecule has 0 aliphatic carbocycles. The number of benzene rings is 1. The molecule has 0 saturated heterocycles. The van der Waals surface area contributed by atoms with Gasteiger partial charge >= 0.3 is 0 Å². The van der Waals surface area contributed by atoms with Gasteiger partial charge in [0.15, 0.2) is 0 Å². The molecule has 62 valence electrons. The zero-order chi connectivity index (χ0) is 8.55. The Labute approximate surface area is 79.7 Å². The molecule has 1 heterocycles. The minimum Gasteiger partial charge on any atom is -0.237 e. The van der Waals surface area contributed by atoms with E-state index in [2.05, 4.69) is 8.75 Å². The maximum Gasteiger partial charge on any atom is 0.147 e. The van der Waals surface area contributed by atoms with Gasteiger partial charge in [-0.05, 0) is 28.9 Å². The summed E-state index contributed by atoms with van der Waals surface area (Å²) in [5.74, 6) is 0. The minimum absolute atomic E-state index is 0.567. The van der Waals surface area contributed by atoms with E-state index in [1.165, 1.54) is 0 Å². The fraction of sp³-hybridized carbons (Fsp3) is 0. The van der Waals surface area contributed by atoms with Crippen LogP contribution in [-0.4, -0.2) is 13.0 Å². The molecule has 0 amide bonds. The van der Waals surface area contributed by atoms with Crippen LogP contribution in [0.25, 0.3) is 11.0 Å². The number of nitrogens with zero attached hydrogens (tertiary/aromatic N) is 2. The molecular weight excluding hydrogens is 216 g/mol. The van der Waals surface area contributed by atoms with Gasteiger partial charge in [-0.3, -0.25) is 0 Å². The Morgan fingerprint density at radius 2 is 2.08 bits per heavy atom. The summed E-state index contributed by atoms with van der Waals surface area (Å²) in [7, 11) is 3.94. The second-order valence-electron chi connectivity index (χ2n) is 2.14. The Kier molecular flexibility index (Phi) is 2.08. The Hall–Kier alpha value is -0.520. The Bertz CT molecular complexity index is 442. The average Bonchev–Trinajstić information content (AvgIpc) is 2.49. The third-order valence-corrected chi connectivity index (χ3v) is 3.13. The zero-order valence-electron chi connectivity index (χ0n) is 5.73. The predicted molar refractivity (Wildman–Crippen MR) is 49.7 cm³/mol. The van der Waals surface area contributed by atoms with Crippen molar-refractivity contribution in [3.63, 3.8) is 0 Å². The topological polar surface area (TPSA) is 42.9 Å². The fourth-order valence-electron chi connectivity index (χ4n) is 0.862. The maximum absolute atomic E-state index is 10.8. The monoisotopic (exact) mass is 218 g/mol. The maximum atomic E-state index is 10.8. The molecule has 0 fully saturated rings. The molecule has 0 N–H and O–H groups in total. The number of hydrogen-bond acceptors (Lipinski definition) is 4. The molecule has 2 aromatic rings. The van der Waals surface area contributed by atoms with E-state index in [-0.39, 0.29) is 0 Å². The standard InChI is InChI=1S/C6H3ClN2OS2/c7-12(10)4-1-2-5-6(3-4)9-11-8-5/h1-3H. The highest BCUT2D eigenvalue weighted by atomic mass is 35.7. The van der Waals surface area contributed by atoms with Crippen LogP contribution < -0.4 is 0 Å². The summed E-state index contributed by atoms with van der Waals surface area (Å²) in [5, 5.41) is 0. The molecule has 0 bridgehead atoms. The van der Waals surface area contributed by atoms with Crippen LogP contribution in [0, 0.1) is 0 Å². The van der Waals surface area contributed by atoms with Crippen molar-refractivity contribution in [3.8, 4) is 0 Å². The lowest BCUT2D eigenvalue weighted by Crippen LogP contribution is -1.80. The quantitative estimate of drug-likeness (QED) is 0.688. The Balaban J connectivity index is 2.68. The van der Waals surface area contributed by atoms with E-state index in [1.54, 1.807) is 18.2 Å². The van der Waals surface area contributed by atoms with Crippen LogP contribution in [0.3, 0.4) is 0 Å². The first-order valence-electron chi connectivity index (χ1n) is 3.08. The van der Waals surface area contributed by atoms with Gasteiger partial charge in [0.1, 0.15) is 21.0 Å². The number of hydrogen-bond donors (Lipinski definition) is 0.